The lowest BCUT2D eigenvalue weighted by Gasteiger charge is -2.19. The van der Waals surface area contributed by atoms with Crippen LogP contribution in [0.2, 0.25) is 5.15 Å². The van der Waals surface area contributed by atoms with E-state index in [1.807, 2.05) is 24.6 Å². The fourth-order valence-electron chi connectivity index (χ4n) is 3.77. The van der Waals surface area contributed by atoms with Crippen LogP contribution in [0.3, 0.4) is 0 Å². The van der Waals surface area contributed by atoms with E-state index in [0.29, 0.717) is 29.7 Å². The molecule has 0 saturated heterocycles. The summed E-state index contributed by atoms with van der Waals surface area (Å²) in [6.07, 6.45) is 12.1. The Balaban J connectivity index is 0.000000641. The van der Waals surface area contributed by atoms with Crippen molar-refractivity contribution in [2.75, 3.05) is 32.5 Å². The molecule has 0 saturated carbocycles. The standard InChI is InChI=1S/C23H27ClN6O3.C8H13NO2.C3H5N/c1-13-10-27-16(14(2)18(13)32-6)12-30-11-15(17-19(24)28-21(25)29-20(17)30)8-7-9-26-22(31)33-23(3,4)5;1-5-6-9-7(10)11-8(2,3)4;1-2-3-4/h10-11H,9,12H2,1-6H3,(H,26,31)(H2,25,28,29);1H,6H2,2-4H3,(H,9,10);1H,3-4H2. The summed E-state index contributed by atoms with van der Waals surface area (Å²) >= 11 is 6.38. The summed E-state index contributed by atoms with van der Waals surface area (Å²) in [7, 11) is 1.64. The number of terminal acetylenes is 2. The maximum Gasteiger partial charge on any atom is 0.408 e. The number of fused-ring (bicyclic) bond motifs is 1. The number of amides is 2. The Labute approximate surface area is 287 Å². The average Bonchev–Trinajstić information content (AvgIpc) is 3.31. The quantitative estimate of drug-likeness (QED) is 0.224. The Morgan fingerprint density at radius 2 is 1.56 bits per heavy atom. The molecule has 6 N–H and O–H groups in total. The molecule has 0 atom stereocenters. The number of pyridine rings is 1. The number of hydrogen-bond acceptors (Lipinski definition) is 10. The zero-order chi connectivity index (χ0) is 36.7. The number of rotatable bonds is 5. The number of nitrogen functional groups attached to an aromatic ring is 1. The highest BCUT2D eigenvalue weighted by Gasteiger charge is 2.18. The third-order valence-corrected chi connectivity index (χ3v) is 5.83. The summed E-state index contributed by atoms with van der Waals surface area (Å²) in [5.74, 6) is 11.3. The molecule has 48 heavy (non-hydrogen) atoms. The normalized spacial score (nSPS) is 10.4. The number of aromatic nitrogens is 4. The molecule has 0 aliphatic heterocycles. The highest BCUT2D eigenvalue weighted by molar-refractivity contribution is 6.34. The first-order valence-corrected chi connectivity index (χ1v) is 15.1. The van der Waals surface area contributed by atoms with E-state index in [4.69, 9.17) is 43.7 Å². The average molecular weight is 681 g/mol. The van der Waals surface area contributed by atoms with E-state index >= 15 is 0 Å². The molecule has 258 valence electrons. The van der Waals surface area contributed by atoms with Crippen molar-refractivity contribution in [3.63, 3.8) is 0 Å². The highest BCUT2D eigenvalue weighted by atomic mass is 35.5. The monoisotopic (exact) mass is 680 g/mol. The molecule has 0 aromatic carbocycles. The first-order chi connectivity index (χ1) is 22.4. The van der Waals surface area contributed by atoms with Gasteiger partial charge < -0.3 is 40.9 Å². The van der Waals surface area contributed by atoms with Gasteiger partial charge in [0.1, 0.15) is 27.8 Å². The van der Waals surface area contributed by atoms with Gasteiger partial charge in [-0.1, -0.05) is 35.3 Å². The zero-order valence-corrected chi connectivity index (χ0v) is 29.8. The number of hydrogen-bond donors (Lipinski definition) is 4. The number of carbonyl (C=O) groups excluding carboxylic acids is 2. The third kappa shape index (κ3) is 14.1. The second-order valence-electron chi connectivity index (χ2n) is 11.9. The number of nitrogens with zero attached hydrogens (tertiary/aromatic N) is 4. The molecule has 3 rings (SSSR count). The van der Waals surface area contributed by atoms with Crippen LogP contribution in [-0.2, 0) is 16.0 Å². The van der Waals surface area contributed by atoms with Gasteiger partial charge >= 0.3 is 12.2 Å². The van der Waals surface area contributed by atoms with Crippen molar-refractivity contribution in [1.82, 2.24) is 30.2 Å². The van der Waals surface area contributed by atoms with E-state index in [9.17, 15) is 9.59 Å². The third-order valence-electron chi connectivity index (χ3n) is 5.55. The van der Waals surface area contributed by atoms with Crippen molar-refractivity contribution in [1.29, 1.82) is 0 Å². The van der Waals surface area contributed by atoms with Gasteiger partial charge in [0.2, 0.25) is 5.95 Å². The Kier molecular flexibility index (Phi) is 16.1. The summed E-state index contributed by atoms with van der Waals surface area (Å²) in [5, 5.41) is 5.77. The van der Waals surface area contributed by atoms with Gasteiger partial charge in [-0.25, -0.2) is 14.6 Å². The van der Waals surface area contributed by atoms with Gasteiger partial charge in [0, 0.05) is 23.5 Å². The van der Waals surface area contributed by atoms with Crippen LogP contribution in [0.4, 0.5) is 15.5 Å². The predicted octanol–water partition coefficient (Wildman–Crippen LogP) is 4.33. The first-order valence-electron chi connectivity index (χ1n) is 14.7. The smallest absolute Gasteiger partial charge is 0.408 e. The molecule has 0 fully saturated rings. The van der Waals surface area contributed by atoms with Gasteiger partial charge in [-0.3, -0.25) is 4.98 Å². The van der Waals surface area contributed by atoms with Crippen molar-refractivity contribution >= 4 is 40.8 Å². The van der Waals surface area contributed by atoms with Crippen LogP contribution in [0.5, 0.6) is 5.75 Å². The van der Waals surface area contributed by atoms with Gasteiger partial charge in [-0.15, -0.1) is 12.8 Å². The Bertz CT molecular complexity index is 1710. The first kappa shape index (κ1) is 40.9. The fraction of sp³-hybridized carbons (Fsp3) is 0.441. The number of halogens is 1. The summed E-state index contributed by atoms with van der Waals surface area (Å²) < 4.78 is 17.5. The van der Waals surface area contributed by atoms with E-state index in [1.165, 1.54) is 0 Å². The van der Waals surface area contributed by atoms with Crippen LogP contribution in [0.1, 0.15) is 63.9 Å². The lowest BCUT2D eigenvalue weighted by Crippen LogP contribution is -2.32. The number of methoxy groups -OCH3 is 1. The number of aryl methyl sites for hydroxylation is 1. The van der Waals surface area contributed by atoms with E-state index < -0.39 is 23.4 Å². The van der Waals surface area contributed by atoms with Crippen LogP contribution in [-0.4, -0.2) is 69.7 Å². The number of alkyl carbamates (subject to hydrolysis) is 2. The Hall–Kier alpha value is -5.16. The number of nitrogens with two attached hydrogens (primary N) is 2. The number of anilines is 1. The van der Waals surface area contributed by atoms with Crippen LogP contribution in [0.25, 0.3) is 11.0 Å². The topological polar surface area (TPSA) is 182 Å². The minimum Gasteiger partial charge on any atom is -0.496 e. The van der Waals surface area contributed by atoms with Crippen LogP contribution in [0, 0.1) is 50.4 Å². The van der Waals surface area contributed by atoms with Crippen molar-refractivity contribution in [3.8, 4) is 42.3 Å². The fourth-order valence-corrected chi connectivity index (χ4v) is 4.05. The van der Waals surface area contributed by atoms with Crippen LogP contribution < -0.4 is 26.8 Å². The van der Waals surface area contributed by atoms with Gasteiger partial charge in [-0.05, 0) is 55.4 Å². The minimum absolute atomic E-state index is 0.0594. The summed E-state index contributed by atoms with van der Waals surface area (Å²) in [5.41, 5.74) is 13.4. The van der Waals surface area contributed by atoms with E-state index in [-0.39, 0.29) is 24.2 Å². The molecular formula is C34H45ClN8O5. The minimum atomic E-state index is -0.583. The summed E-state index contributed by atoms with van der Waals surface area (Å²) in [6.45, 7) is 15.7. The molecule has 0 spiro atoms. The second kappa shape index (κ2) is 18.9. The lowest BCUT2D eigenvalue weighted by molar-refractivity contribution is 0.0523. The molecule has 14 heteroatoms. The van der Waals surface area contributed by atoms with Crippen LogP contribution in [0.15, 0.2) is 12.4 Å². The number of ether oxygens (including phenoxy) is 3. The van der Waals surface area contributed by atoms with E-state index in [1.54, 1.807) is 54.8 Å². The van der Waals surface area contributed by atoms with E-state index in [2.05, 4.69) is 55.7 Å². The molecule has 2 amide bonds. The number of nitrogens with one attached hydrogen (secondary N) is 2. The van der Waals surface area contributed by atoms with E-state index in [0.717, 1.165) is 22.6 Å². The molecule has 0 unspecified atom stereocenters. The van der Waals surface area contributed by atoms with Crippen molar-refractivity contribution < 1.29 is 23.8 Å². The number of carbonyl (C=O) groups is 2. The Morgan fingerprint density at radius 3 is 2.06 bits per heavy atom. The summed E-state index contributed by atoms with van der Waals surface area (Å²) in [4.78, 5) is 35.6. The Morgan fingerprint density at radius 1 is 1.00 bits per heavy atom. The summed E-state index contributed by atoms with van der Waals surface area (Å²) in [6, 6.07) is 0. The van der Waals surface area contributed by atoms with Crippen molar-refractivity contribution in [3.05, 3.63) is 39.9 Å². The van der Waals surface area contributed by atoms with Crippen molar-refractivity contribution in [2.45, 2.75) is 73.1 Å². The highest BCUT2D eigenvalue weighted by Crippen LogP contribution is 2.29. The molecule has 0 aliphatic carbocycles. The predicted molar refractivity (Wildman–Crippen MR) is 188 cm³/mol. The van der Waals surface area contributed by atoms with Gasteiger partial charge in [0.05, 0.1) is 49.9 Å². The zero-order valence-electron chi connectivity index (χ0n) is 29.0. The maximum atomic E-state index is 11.8. The molecular weight excluding hydrogens is 636 g/mol. The molecule has 13 nitrogen and oxygen atoms in total. The lowest BCUT2D eigenvalue weighted by atomic mass is 10.1. The van der Waals surface area contributed by atoms with Crippen LogP contribution >= 0.6 is 11.6 Å². The van der Waals surface area contributed by atoms with Gasteiger partial charge in [0.25, 0.3) is 0 Å². The van der Waals surface area contributed by atoms with Gasteiger partial charge in [-0.2, -0.15) is 4.98 Å². The largest absolute Gasteiger partial charge is 0.496 e. The SMILES string of the molecule is C#CCN.C#CCNC(=O)OC(C)(C)C.COc1c(C)cnc(Cn2cc(C#CCNC(=O)OC(C)(C)C)c3c(Cl)nc(N)nc32)c1C. The molecule has 0 bridgehead atoms. The van der Waals surface area contributed by atoms with Gasteiger partial charge in [0.15, 0.2) is 0 Å². The molecule has 0 radical (unpaired) electrons. The molecule has 0 aliphatic rings. The molecule has 3 aromatic heterocycles. The second-order valence-corrected chi connectivity index (χ2v) is 12.3. The molecule has 3 heterocycles. The molecule has 3 aromatic rings. The van der Waals surface area contributed by atoms with Crippen molar-refractivity contribution in [2.24, 2.45) is 5.73 Å². The maximum absolute atomic E-state index is 11.8.